The third kappa shape index (κ3) is 10.0. The van der Waals surface area contributed by atoms with Crippen molar-refractivity contribution in [3.8, 4) is 0 Å². The van der Waals surface area contributed by atoms with Crippen LogP contribution < -0.4 is 10.6 Å². The number of carbonyl (C=O) groups excluding carboxylic acids is 3. The Morgan fingerprint density at radius 2 is 1.69 bits per heavy atom. The molecule has 0 heterocycles. The van der Waals surface area contributed by atoms with Gasteiger partial charge in [0.05, 0.1) is 12.5 Å². The number of unbranched alkanes of at least 4 members (excludes halogenated alkanes) is 1. The zero-order valence-electron chi connectivity index (χ0n) is 22.9. The SMILES string of the molecule is CCCCOC(=O)[C@@H](CC)[C@@H]1CCCC[C@@H]1NC(=O)CC1(CNC(=O)OC(C)(C)C)CCCCC1. The lowest BCUT2D eigenvalue weighted by molar-refractivity contribution is -0.152. The van der Waals surface area contributed by atoms with Crippen molar-refractivity contribution < 1.29 is 23.9 Å². The summed E-state index contributed by atoms with van der Waals surface area (Å²) in [4.78, 5) is 38.4. The van der Waals surface area contributed by atoms with E-state index in [0.29, 0.717) is 19.6 Å². The predicted molar refractivity (Wildman–Crippen MR) is 138 cm³/mol. The molecule has 2 aliphatic carbocycles. The van der Waals surface area contributed by atoms with Gasteiger partial charge in [-0.25, -0.2) is 4.79 Å². The number of ether oxygens (including phenoxy) is 2. The van der Waals surface area contributed by atoms with Crippen molar-refractivity contribution in [3.05, 3.63) is 0 Å². The monoisotopic (exact) mass is 494 g/mol. The van der Waals surface area contributed by atoms with Gasteiger partial charge in [-0.2, -0.15) is 0 Å². The van der Waals surface area contributed by atoms with Crippen LogP contribution in [0, 0.1) is 17.3 Å². The summed E-state index contributed by atoms with van der Waals surface area (Å²) in [5, 5.41) is 6.24. The molecule has 202 valence electrons. The van der Waals surface area contributed by atoms with E-state index in [0.717, 1.165) is 70.6 Å². The number of alkyl carbamates (subject to hydrolysis) is 1. The van der Waals surface area contributed by atoms with Gasteiger partial charge in [0.2, 0.25) is 5.91 Å². The first kappa shape index (κ1) is 29.4. The number of esters is 1. The average Bonchev–Trinajstić information content (AvgIpc) is 2.79. The average molecular weight is 495 g/mol. The Balaban J connectivity index is 2.01. The molecule has 2 saturated carbocycles. The Kier molecular flexibility index (Phi) is 11.8. The van der Waals surface area contributed by atoms with E-state index in [4.69, 9.17) is 9.47 Å². The van der Waals surface area contributed by atoms with E-state index in [1.54, 1.807) is 0 Å². The molecule has 2 fully saturated rings. The zero-order chi connectivity index (χ0) is 25.9. The van der Waals surface area contributed by atoms with E-state index in [2.05, 4.69) is 17.6 Å². The van der Waals surface area contributed by atoms with Crippen LogP contribution in [-0.4, -0.2) is 42.8 Å². The van der Waals surface area contributed by atoms with Crippen LogP contribution in [0.1, 0.15) is 118 Å². The van der Waals surface area contributed by atoms with Crippen LogP contribution >= 0.6 is 0 Å². The third-order valence-electron chi connectivity index (χ3n) is 7.62. The van der Waals surface area contributed by atoms with E-state index in [1.807, 2.05) is 27.7 Å². The summed E-state index contributed by atoms with van der Waals surface area (Å²) in [5.74, 6) is -0.134. The zero-order valence-corrected chi connectivity index (χ0v) is 22.9. The second-order valence-electron chi connectivity index (χ2n) is 11.8. The predicted octanol–water partition coefficient (Wildman–Crippen LogP) is 5.90. The van der Waals surface area contributed by atoms with E-state index in [1.165, 1.54) is 6.42 Å². The number of carbonyl (C=O) groups is 3. The molecule has 0 bridgehead atoms. The van der Waals surface area contributed by atoms with Crippen molar-refractivity contribution in [1.82, 2.24) is 10.6 Å². The number of amides is 2. The Morgan fingerprint density at radius 1 is 1.00 bits per heavy atom. The number of nitrogens with one attached hydrogen (secondary N) is 2. The van der Waals surface area contributed by atoms with Gasteiger partial charge < -0.3 is 20.1 Å². The lowest BCUT2D eigenvalue weighted by Gasteiger charge is -2.39. The summed E-state index contributed by atoms with van der Waals surface area (Å²) >= 11 is 0. The molecule has 2 rings (SSSR count). The highest BCUT2D eigenvalue weighted by atomic mass is 16.6. The Labute approximate surface area is 212 Å². The molecule has 0 unspecified atom stereocenters. The highest BCUT2D eigenvalue weighted by Crippen LogP contribution is 2.39. The maximum Gasteiger partial charge on any atom is 0.407 e. The maximum atomic E-state index is 13.3. The minimum absolute atomic E-state index is 0.000573. The fourth-order valence-corrected chi connectivity index (χ4v) is 5.78. The number of hydrogen-bond acceptors (Lipinski definition) is 5. The standard InChI is InChI=1S/C28H50N2O5/c1-6-8-18-34-25(32)21(7-2)22-14-10-11-15-23(22)30-24(31)19-28(16-12-9-13-17-28)20-29-26(33)35-27(3,4)5/h21-23H,6-20H2,1-5H3,(H,29,33)(H,30,31)/t21-,22-,23-/m0/s1. The van der Waals surface area contributed by atoms with Gasteiger partial charge >= 0.3 is 12.1 Å². The van der Waals surface area contributed by atoms with Crippen molar-refractivity contribution in [2.24, 2.45) is 17.3 Å². The number of hydrogen-bond donors (Lipinski definition) is 2. The van der Waals surface area contributed by atoms with Gasteiger partial charge in [-0.3, -0.25) is 9.59 Å². The maximum absolute atomic E-state index is 13.3. The van der Waals surface area contributed by atoms with Crippen molar-refractivity contribution >= 4 is 18.0 Å². The van der Waals surface area contributed by atoms with Gasteiger partial charge in [-0.15, -0.1) is 0 Å². The summed E-state index contributed by atoms with van der Waals surface area (Å²) in [7, 11) is 0. The molecule has 2 N–H and O–H groups in total. The fraction of sp³-hybridized carbons (Fsp3) is 0.893. The second-order valence-corrected chi connectivity index (χ2v) is 11.8. The molecule has 0 saturated heterocycles. The molecule has 35 heavy (non-hydrogen) atoms. The second kappa shape index (κ2) is 14.1. The molecule has 7 heteroatoms. The quantitative estimate of drug-likeness (QED) is 0.276. The smallest absolute Gasteiger partial charge is 0.407 e. The minimum atomic E-state index is -0.551. The van der Waals surface area contributed by atoms with Crippen molar-refractivity contribution in [3.63, 3.8) is 0 Å². The highest BCUT2D eigenvalue weighted by molar-refractivity contribution is 5.78. The number of rotatable bonds is 11. The van der Waals surface area contributed by atoms with E-state index in [9.17, 15) is 14.4 Å². The third-order valence-corrected chi connectivity index (χ3v) is 7.62. The van der Waals surface area contributed by atoms with Crippen LogP contribution in [0.3, 0.4) is 0 Å². The Morgan fingerprint density at radius 3 is 2.31 bits per heavy atom. The summed E-state index contributed by atoms with van der Waals surface area (Å²) in [6.45, 7) is 10.6. The van der Waals surface area contributed by atoms with E-state index >= 15 is 0 Å². The van der Waals surface area contributed by atoms with Crippen LogP contribution in [0.25, 0.3) is 0 Å². The molecular formula is C28H50N2O5. The Bertz CT molecular complexity index is 681. The van der Waals surface area contributed by atoms with Gasteiger partial charge in [0, 0.05) is 19.0 Å². The summed E-state index contributed by atoms with van der Waals surface area (Å²) in [6.07, 6.45) is 11.7. The first-order valence-corrected chi connectivity index (χ1v) is 14.0. The largest absolute Gasteiger partial charge is 0.465 e. The van der Waals surface area contributed by atoms with Crippen molar-refractivity contribution in [2.75, 3.05) is 13.2 Å². The highest BCUT2D eigenvalue weighted by Gasteiger charge is 2.39. The van der Waals surface area contributed by atoms with Crippen LogP contribution in [0.4, 0.5) is 4.79 Å². The molecule has 2 amide bonds. The molecule has 0 radical (unpaired) electrons. The van der Waals surface area contributed by atoms with E-state index in [-0.39, 0.29) is 35.2 Å². The molecule has 0 aromatic heterocycles. The molecule has 7 nitrogen and oxygen atoms in total. The minimum Gasteiger partial charge on any atom is -0.465 e. The van der Waals surface area contributed by atoms with Gasteiger partial charge in [-0.1, -0.05) is 52.4 Å². The lowest BCUT2D eigenvalue weighted by Crippen LogP contribution is -2.49. The van der Waals surface area contributed by atoms with Crippen molar-refractivity contribution in [1.29, 1.82) is 0 Å². The molecule has 0 aromatic rings. The fourth-order valence-electron chi connectivity index (χ4n) is 5.78. The first-order chi connectivity index (χ1) is 16.6. The van der Waals surface area contributed by atoms with E-state index < -0.39 is 11.7 Å². The van der Waals surface area contributed by atoms with Crippen LogP contribution in [-0.2, 0) is 19.1 Å². The molecule has 0 aliphatic heterocycles. The molecule has 2 aliphatic rings. The first-order valence-electron chi connectivity index (χ1n) is 14.0. The molecule has 0 aromatic carbocycles. The topological polar surface area (TPSA) is 93.7 Å². The van der Waals surface area contributed by atoms with Crippen LogP contribution in [0.15, 0.2) is 0 Å². The van der Waals surface area contributed by atoms with Gasteiger partial charge in [0.15, 0.2) is 0 Å². The van der Waals surface area contributed by atoms with Crippen LogP contribution in [0.5, 0.6) is 0 Å². The summed E-state index contributed by atoms with van der Waals surface area (Å²) < 4.78 is 11.0. The van der Waals surface area contributed by atoms with Gasteiger partial charge in [-0.05, 0) is 70.6 Å². The Hall–Kier alpha value is -1.79. The van der Waals surface area contributed by atoms with Gasteiger partial charge in [0.25, 0.3) is 0 Å². The molecular weight excluding hydrogens is 444 g/mol. The molecule has 0 spiro atoms. The molecule has 3 atom stereocenters. The summed E-state index contributed by atoms with van der Waals surface area (Å²) in [5.41, 5.74) is -0.794. The van der Waals surface area contributed by atoms with Crippen LogP contribution in [0.2, 0.25) is 0 Å². The lowest BCUT2D eigenvalue weighted by atomic mass is 9.71. The van der Waals surface area contributed by atoms with Gasteiger partial charge in [0.1, 0.15) is 5.60 Å². The van der Waals surface area contributed by atoms with Crippen molar-refractivity contribution in [2.45, 2.75) is 130 Å². The summed E-state index contributed by atoms with van der Waals surface area (Å²) in [6, 6.07) is -0.000573. The normalized spacial score (nSPS) is 23.1.